The number of hydrogen-bond acceptors (Lipinski definition) is 2. The van der Waals surface area contributed by atoms with E-state index in [0.29, 0.717) is 0 Å². The predicted molar refractivity (Wildman–Crippen MR) is 77.5 cm³/mol. The third kappa shape index (κ3) is 6.10. The zero-order chi connectivity index (χ0) is 13.8. The molecule has 2 rings (SSSR count). The molecule has 0 amide bonds. The van der Waals surface area contributed by atoms with Crippen LogP contribution in [-0.4, -0.2) is 4.98 Å². The van der Waals surface area contributed by atoms with Crippen molar-refractivity contribution in [3.05, 3.63) is 29.7 Å². The minimum atomic E-state index is 0.727. The van der Waals surface area contributed by atoms with Crippen molar-refractivity contribution in [1.82, 2.24) is 4.98 Å². The van der Waals surface area contributed by atoms with Crippen LogP contribution in [0, 0.1) is 13.8 Å². The van der Waals surface area contributed by atoms with E-state index in [2.05, 4.69) is 4.98 Å². The van der Waals surface area contributed by atoms with Crippen molar-refractivity contribution in [3.8, 4) is 0 Å². The maximum absolute atomic E-state index is 5.31. The highest BCUT2D eigenvalue weighted by molar-refractivity contribution is 5.73. The molecule has 1 heterocycles. The van der Waals surface area contributed by atoms with Crippen LogP contribution in [-0.2, 0) is 0 Å². The minimum absolute atomic E-state index is 0.727. The van der Waals surface area contributed by atoms with Gasteiger partial charge in [0.15, 0.2) is 11.5 Å². The van der Waals surface area contributed by atoms with Gasteiger partial charge in [-0.05, 0) is 24.6 Å². The number of oxazole rings is 1. The Bertz CT molecular complexity index is 391. The topological polar surface area (TPSA) is 26.0 Å². The Balaban J connectivity index is 0. The van der Waals surface area contributed by atoms with Gasteiger partial charge < -0.3 is 4.42 Å². The summed E-state index contributed by atoms with van der Waals surface area (Å²) in [5.41, 5.74) is 3.03. The maximum Gasteiger partial charge on any atom is 0.192 e. The summed E-state index contributed by atoms with van der Waals surface area (Å²) in [6.45, 7) is 15.9. The molecule has 0 atom stereocenters. The van der Waals surface area contributed by atoms with Gasteiger partial charge in [0.25, 0.3) is 0 Å². The van der Waals surface area contributed by atoms with Crippen LogP contribution in [0.25, 0.3) is 11.1 Å². The van der Waals surface area contributed by atoms with E-state index in [4.69, 9.17) is 4.42 Å². The highest BCUT2D eigenvalue weighted by atomic mass is 16.3. The number of aromatic nitrogens is 1. The zero-order valence-electron chi connectivity index (χ0n) is 12.6. The van der Waals surface area contributed by atoms with E-state index in [1.807, 2.05) is 73.6 Å². The van der Waals surface area contributed by atoms with Crippen molar-refractivity contribution in [2.45, 2.75) is 55.4 Å². The standard InChI is InChI=1S/C9H9NO.3C2H6/c1-6-3-4-9-8(5-6)10-7(2)11-9;3*1-2/h3-5H,1-2H3;3*1-2H3. The first-order valence-corrected chi connectivity index (χ1v) is 6.59. The normalized spacial score (nSPS) is 8.00. The summed E-state index contributed by atoms with van der Waals surface area (Å²) in [6, 6.07) is 5.99. The molecule has 0 aliphatic carbocycles. The van der Waals surface area contributed by atoms with Crippen LogP contribution in [0.1, 0.15) is 53.0 Å². The molecule has 0 aliphatic heterocycles. The van der Waals surface area contributed by atoms with Crippen LogP contribution in [0.4, 0.5) is 0 Å². The summed E-state index contributed by atoms with van der Waals surface area (Å²) in [7, 11) is 0. The first-order valence-electron chi connectivity index (χ1n) is 6.59. The average Bonchev–Trinajstić information content (AvgIpc) is 2.76. The predicted octanol–water partition coefficient (Wildman–Crippen LogP) is 5.52. The summed E-state index contributed by atoms with van der Waals surface area (Å²) >= 11 is 0. The average molecular weight is 237 g/mol. The van der Waals surface area contributed by atoms with E-state index in [0.717, 1.165) is 17.0 Å². The van der Waals surface area contributed by atoms with Gasteiger partial charge >= 0.3 is 0 Å². The number of aryl methyl sites for hydroxylation is 2. The van der Waals surface area contributed by atoms with E-state index in [-0.39, 0.29) is 0 Å². The monoisotopic (exact) mass is 237 g/mol. The first-order chi connectivity index (χ1) is 8.25. The number of nitrogens with zero attached hydrogens (tertiary/aromatic N) is 1. The van der Waals surface area contributed by atoms with Crippen molar-refractivity contribution >= 4 is 11.1 Å². The molecule has 1 aromatic carbocycles. The number of hydrogen-bond donors (Lipinski definition) is 0. The van der Waals surface area contributed by atoms with Gasteiger partial charge in [0.1, 0.15) is 5.52 Å². The molecule has 1 aromatic heterocycles. The zero-order valence-corrected chi connectivity index (χ0v) is 12.6. The lowest BCUT2D eigenvalue weighted by molar-refractivity contribution is 0.561. The van der Waals surface area contributed by atoms with Crippen LogP contribution in [0.5, 0.6) is 0 Å². The second kappa shape index (κ2) is 11.2. The molecular formula is C15H27NO. The van der Waals surface area contributed by atoms with Gasteiger partial charge in [0, 0.05) is 6.92 Å². The molecule has 2 nitrogen and oxygen atoms in total. The fourth-order valence-corrected chi connectivity index (χ4v) is 1.15. The fourth-order valence-electron chi connectivity index (χ4n) is 1.15. The molecule has 2 heteroatoms. The lowest BCUT2D eigenvalue weighted by Crippen LogP contribution is -1.71. The van der Waals surface area contributed by atoms with Gasteiger partial charge in [-0.2, -0.15) is 0 Å². The molecule has 0 bridgehead atoms. The number of fused-ring (bicyclic) bond motifs is 1. The third-order valence-corrected chi connectivity index (χ3v) is 1.65. The summed E-state index contributed by atoms with van der Waals surface area (Å²) in [5, 5.41) is 0. The Morgan fingerprint density at radius 1 is 0.882 bits per heavy atom. The lowest BCUT2D eigenvalue weighted by Gasteiger charge is -1.87. The summed E-state index contributed by atoms with van der Waals surface area (Å²) in [4.78, 5) is 4.21. The van der Waals surface area contributed by atoms with Gasteiger partial charge in [-0.1, -0.05) is 47.6 Å². The Hall–Kier alpha value is -1.31. The van der Waals surface area contributed by atoms with Crippen LogP contribution < -0.4 is 0 Å². The van der Waals surface area contributed by atoms with Gasteiger partial charge in [0.2, 0.25) is 0 Å². The lowest BCUT2D eigenvalue weighted by atomic mass is 10.2. The van der Waals surface area contributed by atoms with Gasteiger partial charge in [-0.25, -0.2) is 4.98 Å². The largest absolute Gasteiger partial charge is 0.441 e. The Morgan fingerprint density at radius 2 is 1.41 bits per heavy atom. The Kier molecular flexibility index (Phi) is 11.9. The molecule has 0 saturated heterocycles. The van der Waals surface area contributed by atoms with Crippen molar-refractivity contribution in [3.63, 3.8) is 0 Å². The molecule has 0 unspecified atom stereocenters. The number of benzene rings is 1. The summed E-state index contributed by atoms with van der Waals surface area (Å²) < 4.78 is 5.31. The van der Waals surface area contributed by atoms with Gasteiger partial charge in [-0.15, -0.1) is 0 Å². The van der Waals surface area contributed by atoms with Crippen molar-refractivity contribution < 1.29 is 4.42 Å². The Labute approximate surface area is 106 Å². The third-order valence-electron chi connectivity index (χ3n) is 1.65. The molecule has 0 saturated carbocycles. The van der Waals surface area contributed by atoms with E-state index in [1.54, 1.807) is 0 Å². The SMILES string of the molecule is CC.CC.CC.Cc1ccc2oc(C)nc2c1. The van der Waals surface area contributed by atoms with E-state index < -0.39 is 0 Å². The van der Waals surface area contributed by atoms with Crippen molar-refractivity contribution in [2.75, 3.05) is 0 Å². The minimum Gasteiger partial charge on any atom is -0.441 e. The van der Waals surface area contributed by atoms with Crippen LogP contribution in [0.15, 0.2) is 22.6 Å². The molecular weight excluding hydrogens is 210 g/mol. The van der Waals surface area contributed by atoms with Crippen LogP contribution in [0.3, 0.4) is 0 Å². The van der Waals surface area contributed by atoms with Crippen molar-refractivity contribution in [2.24, 2.45) is 0 Å². The summed E-state index contributed by atoms with van der Waals surface area (Å²) in [6.07, 6.45) is 0. The molecule has 98 valence electrons. The highest BCUT2D eigenvalue weighted by Crippen LogP contribution is 2.15. The Morgan fingerprint density at radius 3 is 1.94 bits per heavy atom. The molecule has 2 aromatic rings. The summed E-state index contributed by atoms with van der Waals surface area (Å²) in [5.74, 6) is 0.727. The highest BCUT2D eigenvalue weighted by Gasteiger charge is 1.99. The van der Waals surface area contributed by atoms with Crippen LogP contribution in [0.2, 0.25) is 0 Å². The molecule has 0 spiro atoms. The van der Waals surface area contributed by atoms with E-state index in [9.17, 15) is 0 Å². The second-order valence-electron chi connectivity index (χ2n) is 2.70. The van der Waals surface area contributed by atoms with Gasteiger partial charge in [0.05, 0.1) is 0 Å². The van der Waals surface area contributed by atoms with E-state index >= 15 is 0 Å². The first kappa shape index (κ1) is 18.1. The smallest absolute Gasteiger partial charge is 0.192 e. The molecule has 0 aliphatic rings. The van der Waals surface area contributed by atoms with Crippen LogP contribution >= 0.6 is 0 Å². The van der Waals surface area contributed by atoms with E-state index in [1.165, 1.54) is 5.56 Å². The molecule has 0 fully saturated rings. The molecule has 0 radical (unpaired) electrons. The molecule has 17 heavy (non-hydrogen) atoms. The van der Waals surface area contributed by atoms with Gasteiger partial charge in [-0.3, -0.25) is 0 Å². The molecule has 0 N–H and O–H groups in total. The van der Waals surface area contributed by atoms with Crippen molar-refractivity contribution in [1.29, 1.82) is 0 Å². The quantitative estimate of drug-likeness (QED) is 0.602. The maximum atomic E-state index is 5.31. The fraction of sp³-hybridized carbons (Fsp3) is 0.533. The number of rotatable bonds is 0. The second-order valence-corrected chi connectivity index (χ2v) is 2.70.